The van der Waals surface area contributed by atoms with Crippen LogP contribution >= 0.6 is 0 Å². The third-order valence-electron chi connectivity index (χ3n) is 7.48. The average Bonchev–Trinajstić information content (AvgIpc) is 2.92. The standard InChI is InChI=1S/C30H26O10/c31-15-4-1-13(2-5-15)29-27(38)25(17-7-6-16(32)10-24(17)39-29)26-22(36)12-20(34)18-11-23(37)28(40-30(18)26)14-3-8-19(33)21(35)9-14/h1-10,12,23,25,27-29,31-38H,11H2/t23-,25-,27-,28-,29+/m1/s1. The summed E-state index contributed by atoms with van der Waals surface area (Å²) in [6.07, 6.45) is -4.59. The van der Waals surface area contributed by atoms with Gasteiger partial charge in [0.25, 0.3) is 0 Å². The zero-order valence-electron chi connectivity index (χ0n) is 20.8. The Morgan fingerprint density at radius 3 is 2.02 bits per heavy atom. The molecule has 0 saturated heterocycles. The number of aliphatic hydroxyl groups excluding tert-OH is 2. The first-order valence-electron chi connectivity index (χ1n) is 12.5. The van der Waals surface area contributed by atoms with Crippen molar-refractivity contribution in [2.75, 3.05) is 0 Å². The minimum absolute atomic E-state index is 0.0205. The maximum absolute atomic E-state index is 11.7. The molecular formula is C30H26O10. The molecule has 206 valence electrons. The van der Waals surface area contributed by atoms with Gasteiger partial charge in [-0.2, -0.15) is 0 Å². The summed E-state index contributed by atoms with van der Waals surface area (Å²) in [4.78, 5) is 0. The summed E-state index contributed by atoms with van der Waals surface area (Å²) in [5, 5.41) is 84.2. The van der Waals surface area contributed by atoms with Crippen molar-refractivity contribution in [2.24, 2.45) is 0 Å². The van der Waals surface area contributed by atoms with E-state index in [1.54, 1.807) is 18.2 Å². The molecule has 0 amide bonds. The van der Waals surface area contributed by atoms with Gasteiger partial charge in [0, 0.05) is 41.2 Å². The van der Waals surface area contributed by atoms with Gasteiger partial charge in [-0.25, -0.2) is 0 Å². The Kier molecular flexibility index (Phi) is 6.01. The quantitative estimate of drug-likeness (QED) is 0.177. The summed E-state index contributed by atoms with van der Waals surface area (Å²) < 4.78 is 12.3. The highest BCUT2D eigenvalue weighted by Crippen LogP contribution is 2.55. The summed E-state index contributed by atoms with van der Waals surface area (Å²) >= 11 is 0. The third-order valence-corrected chi connectivity index (χ3v) is 7.48. The summed E-state index contributed by atoms with van der Waals surface area (Å²) in [6, 6.07) is 15.5. The number of phenolic OH excluding ortho intramolecular Hbond substituents is 6. The Balaban J connectivity index is 1.52. The summed E-state index contributed by atoms with van der Waals surface area (Å²) in [7, 11) is 0. The van der Waals surface area contributed by atoms with E-state index in [1.165, 1.54) is 42.5 Å². The van der Waals surface area contributed by atoms with Gasteiger partial charge in [-0.05, 0) is 41.5 Å². The predicted octanol–water partition coefficient (Wildman–Crippen LogP) is 3.58. The molecule has 0 bridgehead atoms. The molecule has 8 N–H and O–H groups in total. The van der Waals surface area contributed by atoms with Crippen molar-refractivity contribution in [3.63, 3.8) is 0 Å². The summed E-state index contributed by atoms with van der Waals surface area (Å²) in [5.74, 6) is -2.23. The molecule has 2 aliphatic heterocycles. The summed E-state index contributed by atoms with van der Waals surface area (Å²) in [6.45, 7) is 0. The number of fused-ring (bicyclic) bond motifs is 2. The first-order chi connectivity index (χ1) is 19.1. The highest BCUT2D eigenvalue weighted by Gasteiger charge is 2.44. The van der Waals surface area contributed by atoms with E-state index < -0.39 is 36.1 Å². The van der Waals surface area contributed by atoms with Crippen LogP contribution in [0.2, 0.25) is 0 Å². The smallest absolute Gasteiger partial charge is 0.157 e. The number of hydrogen-bond acceptors (Lipinski definition) is 10. The van der Waals surface area contributed by atoms with E-state index in [4.69, 9.17) is 9.47 Å². The lowest BCUT2D eigenvalue weighted by molar-refractivity contribution is 0.00192. The van der Waals surface area contributed by atoms with Gasteiger partial charge in [0.15, 0.2) is 17.6 Å². The fourth-order valence-electron chi connectivity index (χ4n) is 5.55. The SMILES string of the molecule is Oc1ccc([C@@H]2Oc3cc(O)ccc3[C@H](c3c(O)cc(O)c4c3O[C@H](c3ccc(O)c(O)c3)[C@H](O)C4)[C@H]2O)cc1. The van der Waals surface area contributed by atoms with E-state index in [0.717, 1.165) is 6.07 Å². The molecular weight excluding hydrogens is 520 g/mol. The molecule has 2 aliphatic rings. The fraction of sp³-hybridized carbons (Fsp3) is 0.200. The molecule has 10 nitrogen and oxygen atoms in total. The fourth-order valence-corrected chi connectivity index (χ4v) is 5.55. The second-order valence-electron chi connectivity index (χ2n) is 10.0. The van der Waals surface area contributed by atoms with Gasteiger partial charge in [-0.1, -0.05) is 24.3 Å². The minimum Gasteiger partial charge on any atom is -0.508 e. The monoisotopic (exact) mass is 546 g/mol. The van der Waals surface area contributed by atoms with Gasteiger partial charge in [-0.3, -0.25) is 0 Å². The van der Waals surface area contributed by atoms with E-state index in [-0.39, 0.29) is 57.8 Å². The third kappa shape index (κ3) is 4.14. The van der Waals surface area contributed by atoms with E-state index in [2.05, 4.69) is 0 Å². The number of aromatic hydroxyl groups is 6. The lowest BCUT2D eigenvalue weighted by Gasteiger charge is -2.40. The van der Waals surface area contributed by atoms with Gasteiger partial charge in [0.1, 0.15) is 46.7 Å². The van der Waals surface area contributed by atoms with Crippen LogP contribution in [-0.2, 0) is 6.42 Å². The highest BCUT2D eigenvalue weighted by atomic mass is 16.5. The van der Waals surface area contributed by atoms with Gasteiger partial charge >= 0.3 is 0 Å². The number of phenols is 6. The van der Waals surface area contributed by atoms with Crippen molar-refractivity contribution in [1.29, 1.82) is 0 Å². The number of rotatable bonds is 3. The molecule has 0 saturated carbocycles. The van der Waals surface area contributed by atoms with Gasteiger partial charge < -0.3 is 50.3 Å². The van der Waals surface area contributed by atoms with Crippen molar-refractivity contribution in [2.45, 2.75) is 36.8 Å². The van der Waals surface area contributed by atoms with Crippen molar-refractivity contribution in [3.05, 3.63) is 94.5 Å². The largest absolute Gasteiger partial charge is 0.508 e. The molecule has 40 heavy (non-hydrogen) atoms. The Morgan fingerprint density at radius 2 is 1.30 bits per heavy atom. The lowest BCUT2D eigenvalue weighted by Crippen LogP contribution is -2.36. The number of benzene rings is 4. The van der Waals surface area contributed by atoms with Gasteiger partial charge in [-0.15, -0.1) is 0 Å². The van der Waals surface area contributed by atoms with Crippen LogP contribution in [0.1, 0.15) is 45.9 Å². The minimum atomic E-state index is -1.31. The maximum atomic E-state index is 11.7. The lowest BCUT2D eigenvalue weighted by atomic mass is 9.78. The van der Waals surface area contributed by atoms with Crippen LogP contribution in [-0.4, -0.2) is 53.1 Å². The molecule has 5 atom stereocenters. The molecule has 0 radical (unpaired) electrons. The van der Waals surface area contributed by atoms with Crippen molar-refractivity contribution < 1.29 is 50.3 Å². The van der Waals surface area contributed by atoms with Crippen LogP contribution in [0.4, 0.5) is 0 Å². The van der Waals surface area contributed by atoms with Crippen molar-refractivity contribution in [1.82, 2.24) is 0 Å². The van der Waals surface area contributed by atoms with E-state index in [9.17, 15) is 40.9 Å². The van der Waals surface area contributed by atoms with E-state index in [0.29, 0.717) is 16.7 Å². The molecule has 0 aliphatic carbocycles. The molecule has 4 aromatic carbocycles. The molecule has 6 rings (SSSR count). The first kappa shape index (κ1) is 25.5. The first-order valence-corrected chi connectivity index (χ1v) is 12.5. The molecule has 10 heteroatoms. The zero-order chi connectivity index (χ0) is 28.3. The van der Waals surface area contributed by atoms with Crippen LogP contribution in [0.5, 0.6) is 46.0 Å². The van der Waals surface area contributed by atoms with E-state index in [1.807, 2.05) is 0 Å². The van der Waals surface area contributed by atoms with Crippen molar-refractivity contribution >= 4 is 0 Å². The van der Waals surface area contributed by atoms with Crippen LogP contribution in [0, 0.1) is 0 Å². The highest BCUT2D eigenvalue weighted by molar-refractivity contribution is 5.63. The summed E-state index contributed by atoms with van der Waals surface area (Å²) in [5.41, 5.74) is 1.61. The van der Waals surface area contributed by atoms with Crippen LogP contribution in [0.25, 0.3) is 0 Å². The molecule has 4 aromatic rings. The second-order valence-corrected chi connectivity index (χ2v) is 10.0. The van der Waals surface area contributed by atoms with Crippen LogP contribution < -0.4 is 9.47 Å². The van der Waals surface area contributed by atoms with Gasteiger partial charge in [0.2, 0.25) is 0 Å². The number of hydrogen-bond donors (Lipinski definition) is 8. The Morgan fingerprint density at radius 1 is 0.600 bits per heavy atom. The van der Waals surface area contributed by atoms with E-state index >= 15 is 0 Å². The van der Waals surface area contributed by atoms with Crippen LogP contribution in [0.15, 0.2) is 66.7 Å². The Labute approximate surface area is 227 Å². The topological polar surface area (TPSA) is 180 Å². The average molecular weight is 547 g/mol. The molecule has 0 fully saturated rings. The normalized spacial score (nSPS) is 23.4. The van der Waals surface area contributed by atoms with Crippen LogP contribution in [0.3, 0.4) is 0 Å². The molecule has 2 heterocycles. The molecule has 0 spiro atoms. The molecule has 0 aromatic heterocycles. The zero-order valence-corrected chi connectivity index (χ0v) is 20.8. The molecule has 0 unspecified atom stereocenters. The number of aliphatic hydroxyl groups is 2. The maximum Gasteiger partial charge on any atom is 0.157 e. The Bertz CT molecular complexity index is 1600. The Hall–Kier alpha value is -4.80. The second kappa shape index (κ2) is 9.44. The van der Waals surface area contributed by atoms with Gasteiger partial charge in [0.05, 0.1) is 6.10 Å². The van der Waals surface area contributed by atoms with Crippen molar-refractivity contribution in [3.8, 4) is 46.0 Å². The number of ether oxygens (including phenoxy) is 2. The predicted molar refractivity (Wildman–Crippen MR) is 140 cm³/mol.